The van der Waals surface area contributed by atoms with E-state index >= 15 is 0 Å². The van der Waals surface area contributed by atoms with E-state index in [0.29, 0.717) is 10.0 Å². The van der Waals surface area contributed by atoms with Crippen LogP contribution in [-0.2, 0) is 29.0 Å². The van der Waals surface area contributed by atoms with Gasteiger partial charge < -0.3 is 10.1 Å². The van der Waals surface area contributed by atoms with Gasteiger partial charge in [-0.25, -0.2) is 4.79 Å². The van der Waals surface area contributed by atoms with Gasteiger partial charge in [0.25, 0.3) is 0 Å². The molecule has 2 atom stereocenters. The van der Waals surface area contributed by atoms with Gasteiger partial charge in [0.1, 0.15) is 11.0 Å². The Morgan fingerprint density at radius 3 is 2.00 bits per heavy atom. The fourth-order valence-electron chi connectivity index (χ4n) is 4.02. The van der Waals surface area contributed by atoms with Crippen LogP contribution >= 0.6 is 27.5 Å². The van der Waals surface area contributed by atoms with Crippen molar-refractivity contribution < 1.29 is 49.0 Å². The predicted octanol–water partition coefficient (Wildman–Crippen LogP) is 8.42. The first-order chi connectivity index (χ1) is 18.1. The maximum absolute atomic E-state index is 14.6. The SMILES string of the molecule is CC(C)(C)OC(=O)NCc1ccc(C2=NCC(c3cc(C(F)(F)F)cc(C(F)(F)F)c3)(C(F)(F)F)C2Cl)cc1Br. The quantitative estimate of drug-likeness (QED) is 0.263. The highest BCUT2D eigenvalue weighted by molar-refractivity contribution is 9.10. The highest BCUT2D eigenvalue weighted by Crippen LogP contribution is 2.52. The molecule has 1 aliphatic rings. The van der Waals surface area contributed by atoms with Gasteiger partial charge in [0.15, 0.2) is 0 Å². The molecule has 220 valence electrons. The van der Waals surface area contributed by atoms with Gasteiger partial charge in [-0.3, -0.25) is 4.99 Å². The molecule has 1 N–H and O–H groups in total. The third kappa shape index (κ3) is 6.69. The molecule has 0 aliphatic carbocycles. The normalized spacial score (nSPS) is 20.4. The Morgan fingerprint density at radius 1 is 1.00 bits per heavy atom. The number of nitrogens with zero attached hydrogens (tertiary/aromatic N) is 1. The van der Waals surface area contributed by atoms with Crippen molar-refractivity contribution in [1.82, 2.24) is 5.32 Å². The molecule has 1 amide bonds. The number of hydrogen-bond acceptors (Lipinski definition) is 3. The summed E-state index contributed by atoms with van der Waals surface area (Å²) in [5.74, 6) is 0. The topological polar surface area (TPSA) is 50.7 Å². The molecule has 2 aromatic carbocycles. The van der Waals surface area contributed by atoms with E-state index in [-0.39, 0.29) is 36.0 Å². The Bertz CT molecular complexity index is 1290. The third-order valence-electron chi connectivity index (χ3n) is 5.95. The van der Waals surface area contributed by atoms with E-state index in [1.54, 1.807) is 20.8 Å². The van der Waals surface area contributed by atoms with E-state index in [4.69, 9.17) is 16.3 Å². The van der Waals surface area contributed by atoms with Gasteiger partial charge in [0, 0.05) is 11.0 Å². The molecule has 4 nitrogen and oxygen atoms in total. The standard InChI is InChI=1S/C25H21BrClF9N2O2/c1-21(2,3)40-20(39)37-10-13-5-4-12(6-17(13)26)18-19(27)22(11-38-18,25(34,35)36)14-7-15(23(28,29)30)9-16(8-14)24(31,32)33/h4-9,19H,10-11H2,1-3H3,(H,37,39). The number of nitrogens with one attached hydrogen (secondary N) is 1. The molecular formula is C25H21BrClF9N2O2. The molecule has 15 heteroatoms. The van der Waals surface area contributed by atoms with Crippen LogP contribution in [-0.4, -0.2) is 35.5 Å². The zero-order valence-electron chi connectivity index (χ0n) is 20.9. The average molecular weight is 668 g/mol. The predicted molar refractivity (Wildman–Crippen MR) is 132 cm³/mol. The molecule has 0 saturated heterocycles. The monoisotopic (exact) mass is 666 g/mol. The number of rotatable bonds is 4. The highest BCUT2D eigenvalue weighted by Gasteiger charge is 2.64. The summed E-state index contributed by atoms with van der Waals surface area (Å²) >= 11 is 9.48. The van der Waals surface area contributed by atoms with Crippen molar-refractivity contribution in [1.29, 1.82) is 0 Å². The van der Waals surface area contributed by atoms with Crippen LogP contribution < -0.4 is 5.32 Å². The van der Waals surface area contributed by atoms with E-state index in [2.05, 4.69) is 26.2 Å². The van der Waals surface area contributed by atoms with Crippen LogP contribution in [0.25, 0.3) is 0 Å². The smallest absolute Gasteiger partial charge is 0.416 e. The van der Waals surface area contributed by atoms with Crippen molar-refractivity contribution in [3.63, 3.8) is 0 Å². The zero-order valence-corrected chi connectivity index (χ0v) is 23.2. The lowest BCUT2D eigenvalue weighted by molar-refractivity contribution is -0.183. The van der Waals surface area contributed by atoms with E-state index in [1.165, 1.54) is 18.2 Å². The second kappa shape index (κ2) is 10.7. The molecule has 3 rings (SSSR count). The zero-order chi connectivity index (χ0) is 30.5. The summed E-state index contributed by atoms with van der Waals surface area (Å²) in [6.07, 6.45) is -16.8. The summed E-state index contributed by atoms with van der Waals surface area (Å²) in [4.78, 5) is 15.7. The molecule has 40 heavy (non-hydrogen) atoms. The second-order valence-corrected chi connectivity index (χ2v) is 11.3. The molecule has 1 heterocycles. The van der Waals surface area contributed by atoms with Gasteiger partial charge in [-0.05, 0) is 61.7 Å². The van der Waals surface area contributed by atoms with Crippen molar-refractivity contribution in [3.05, 3.63) is 68.7 Å². The molecule has 0 bridgehead atoms. The van der Waals surface area contributed by atoms with Gasteiger partial charge in [0.2, 0.25) is 0 Å². The largest absolute Gasteiger partial charge is 0.444 e. The molecule has 0 aromatic heterocycles. The van der Waals surface area contributed by atoms with Crippen LogP contribution in [0.5, 0.6) is 0 Å². The van der Waals surface area contributed by atoms with Crippen molar-refractivity contribution in [2.24, 2.45) is 4.99 Å². The first-order valence-electron chi connectivity index (χ1n) is 11.4. The average Bonchev–Trinajstić information content (AvgIpc) is 3.13. The molecule has 0 radical (unpaired) electrons. The van der Waals surface area contributed by atoms with Gasteiger partial charge in [-0.1, -0.05) is 28.1 Å². The summed E-state index contributed by atoms with van der Waals surface area (Å²) in [5.41, 5.74) is -9.10. The Morgan fingerprint density at radius 2 is 1.55 bits per heavy atom. The summed E-state index contributed by atoms with van der Waals surface area (Å²) in [6.45, 7) is 3.70. The summed E-state index contributed by atoms with van der Waals surface area (Å²) < 4.78 is 130. The number of ether oxygens (including phenoxy) is 1. The second-order valence-electron chi connectivity index (χ2n) is 9.99. The minimum absolute atomic E-state index is 0.0257. The molecule has 1 aliphatic heterocycles. The minimum Gasteiger partial charge on any atom is -0.444 e. The van der Waals surface area contributed by atoms with Gasteiger partial charge in [0.05, 0.1) is 28.8 Å². The number of amides is 1. The van der Waals surface area contributed by atoms with Gasteiger partial charge in [-0.2, -0.15) is 39.5 Å². The molecule has 0 fully saturated rings. The van der Waals surface area contributed by atoms with Crippen LogP contribution in [0.15, 0.2) is 45.9 Å². The lowest BCUT2D eigenvalue weighted by Gasteiger charge is -2.35. The maximum Gasteiger partial charge on any atom is 0.416 e. The van der Waals surface area contributed by atoms with Gasteiger partial charge in [-0.15, -0.1) is 11.6 Å². The Labute approximate surface area is 236 Å². The number of aliphatic imine (C=N–C) groups is 1. The van der Waals surface area contributed by atoms with Crippen molar-refractivity contribution >= 4 is 39.3 Å². The fourth-order valence-corrected chi connectivity index (χ4v) is 5.05. The van der Waals surface area contributed by atoms with E-state index in [0.717, 1.165) is 0 Å². The van der Waals surface area contributed by atoms with Crippen LogP contribution in [0.2, 0.25) is 0 Å². The minimum atomic E-state index is -5.38. The lowest BCUT2D eigenvalue weighted by Crippen LogP contribution is -2.51. The first-order valence-corrected chi connectivity index (χ1v) is 12.6. The number of carbonyl (C=O) groups is 1. The van der Waals surface area contributed by atoms with E-state index in [1.807, 2.05) is 0 Å². The number of alkyl carbamates (subject to hydrolysis) is 1. The fraction of sp³-hybridized carbons (Fsp3) is 0.440. The van der Waals surface area contributed by atoms with Crippen LogP contribution in [0, 0.1) is 0 Å². The Balaban J connectivity index is 2.00. The molecular weight excluding hydrogens is 647 g/mol. The summed E-state index contributed by atoms with van der Waals surface area (Å²) in [5, 5.41) is 0.332. The third-order valence-corrected chi connectivity index (χ3v) is 7.27. The number of alkyl halides is 10. The van der Waals surface area contributed by atoms with Crippen molar-refractivity contribution in [2.75, 3.05) is 6.54 Å². The number of hydrogen-bond donors (Lipinski definition) is 1. The van der Waals surface area contributed by atoms with E-state index < -0.39 is 64.3 Å². The lowest BCUT2D eigenvalue weighted by atomic mass is 9.75. The van der Waals surface area contributed by atoms with E-state index in [9.17, 15) is 44.3 Å². The summed E-state index contributed by atoms with van der Waals surface area (Å²) in [6, 6.07) is 3.89. The molecule has 2 aromatic rings. The summed E-state index contributed by atoms with van der Waals surface area (Å²) in [7, 11) is 0. The molecule has 0 saturated carbocycles. The maximum atomic E-state index is 14.6. The van der Waals surface area contributed by atoms with Crippen molar-refractivity contribution in [3.8, 4) is 0 Å². The number of halogens is 11. The van der Waals surface area contributed by atoms with Gasteiger partial charge >= 0.3 is 24.6 Å². The first kappa shape index (κ1) is 32.0. The number of carbonyl (C=O) groups excluding carboxylic acids is 1. The van der Waals surface area contributed by atoms with Crippen LogP contribution in [0.4, 0.5) is 44.3 Å². The van der Waals surface area contributed by atoms with Crippen LogP contribution in [0.1, 0.15) is 48.6 Å². The highest BCUT2D eigenvalue weighted by atomic mass is 79.9. The molecule has 2 unspecified atom stereocenters. The van der Waals surface area contributed by atoms with Crippen molar-refractivity contribution in [2.45, 2.75) is 62.2 Å². The van der Waals surface area contributed by atoms with Crippen LogP contribution in [0.3, 0.4) is 0 Å². The molecule has 0 spiro atoms. The Hall–Kier alpha value is -2.48. The number of benzene rings is 2. The Kier molecular flexibility index (Phi) is 8.60.